The van der Waals surface area contributed by atoms with E-state index in [1.807, 2.05) is 0 Å². The van der Waals surface area contributed by atoms with Gasteiger partial charge in [-0.25, -0.2) is 0 Å². The third-order valence-corrected chi connectivity index (χ3v) is 2.48. The number of benzene rings is 1. The molecule has 0 radical (unpaired) electrons. The number of hydrogen-bond donors (Lipinski definition) is 1. The number of nitrogens with zero attached hydrogens (tertiary/aromatic N) is 2. The summed E-state index contributed by atoms with van der Waals surface area (Å²) in [5.41, 5.74) is -0.357. The first-order valence-electron chi connectivity index (χ1n) is 5.82. The molecule has 0 aliphatic rings. The highest BCUT2D eigenvalue weighted by Crippen LogP contribution is 2.20. The Kier molecular flexibility index (Phi) is 5.37. The summed E-state index contributed by atoms with van der Waals surface area (Å²) in [5.74, 6) is -1.02. The van der Waals surface area contributed by atoms with E-state index in [-0.39, 0.29) is 24.6 Å². The van der Waals surface area contributed by atoms with E-state index < -0.39 is 16.4 Å². The molecule has 0 fully saturated rings. The van der Waals surface area contributed by atoms with Crippen LogP contribution < -0.4 is 5.32 Å². The maximum Gasteiger partial charge on any atom is 0.305 e. The lowest BCUT2D eigenvalue weighted by Gasteiger charge is -2.16. The van der Waals surface area contributed by atoms with Crippen molar-refractivity contribution in [2.24, 2.45) is 0 Å². The molecule has 0 aliphatic heterocycles. The minimum atomic E-state index is -0.852. The zero-order chi connectivity index (χ0) is 14.4. The number of halogens is 1. The lowest BCUT2D eigenvalue weighted by atomic mass is 10.1. The van der Waals surface area contributed by atoms with Crippen LogP contribution in [0.5, 0.6) is 0 Å². The van der Waals surface area contributed by atoms with Gasteiger partial charge in [-0.1, -0.05) is 12.1 Å². The Balaban J connectivity index is 2.74. The van der Waals surface area contributed by atoms with Crippen molar-refractivity contribution in [2.45, 2.75) is 13.5 Å². The Labute approximate surface area is 110 Å². The molecule has 104 valence electrons. The van der Waals surface area contributed by atoms with Crippen molar-refractivity contribution >= 4 is 11.6 Å². The molecule has 0 spiro atoms. The van der Waals surface area contributed by atoms with Crippen LogP contribution in [0, 0.1) is 15.9 Å². The quantitative estimate of drug-likeness (QED) is 0.624. The summed E-state index contributed by atoms with van der Waals surface area (Å²) in [5, 5.41) is 13.2. The maximum atomic E-state index is 13.8. The predicted molar refractivity (Wildman–Crippen MR) is 68.1 cm³/mol. The number of nitro benzene ring substituents is 1. The van der Waals surface area contributed by atoms with Crippen LogP contribution in [0.25, 0.3) is 0 Å². The lowest BCUT2D eigenvalue weighted by Crippen LogP contribution is -2.34. The average molecular weight is 269 g/mol. The van der Waals surface area contributed by atoms with Gasteiger partial charge in [0.15, 0.2) is 0 Å². The van der Waals surface area contributed by atoms with E-state index in [1.54, 1.807) is 18.9 Å². The summed E-state index contributed by atoms with van der Waals surface area (Å²) in [6.45, 7) is 2.57. The molecule has 6 nitrogen and oxygen atoms in total. The highest BCUT2D eigenvalue weighted by atomic mass is 19.1. The third kappa shape index (κ3) is 4.29. The number of nitro groups is 1. The first-order valence-corrected chi connectivity index (χ1v) is 5.82. The molecule has 0 saturated heterocycles. The molecule has 0 saturated carbocycles. The molecular weight excluding hydrogens is 253 g/mol. The van der Waals surface area contributed by atoms with Crippen LogP contribution in [-0.2, 0) is 11.3 Å². The van der Waals surface area contributed by atoms with Gasteiger partial charge in [0.25, 0.3) is 0 Å². The predicted octanol–water partition coefficient (Wildman–Crippen LogP) is 1.30. The standard InChI is InChI=1S/C12H16FN3O3/c1-3-14-11(17)8-15(2)7-9-5-4-6-10(12(9)13)16(18)19/h4-6H,3,7-8H2,1-2H3,(H,14,17). The Morgan fingerprint density at radius 2 is 2.21 bits per heavy atom. The zero-order valence-electron chi connectivity index (χ0n) is 10.9. The fraction of sp³-hybridized carbons (Fsp3) is 0.417. The Morgan fingerprint density at radius 1 is 1.53 bits per heavy atom. The first-order chi connectivity index (χ1) is 8.95. The molecule has 19 heavy (non-hydrogen) atoms. The molecule has 0 bridgehead atoms. The SMILES string of the molecule is CCNC(=O)CN(C)Cc1cccc([N+](=O)[O-])c1F. The van der Waals surface area contributed by atoms with Gasteiger partial charge >= 0.3 is 5.69 Å². The van der Waals surface area contributed by atoms with Gasteiger partial charge in [-0.05, 0) is 14.0 Å². The second kappa shape index (κ2) is 6.79. The molecule has 1 aromatic rings. The maximum absolute atomic E-state index is 13.8. The molecule has 0 aliphatic carbocycles. The van der Waals surface area contributed by atoms with Crippen LogP contribution in [-0.4, -0.2) is 35.9 Å². The van der Waals surface area contributed by atoms with Crippen LogP contribution in [0.4, 0.5) is 10.1 Å². The summed E-state index contributed by atoms with van der Waals surface area (Å²) < 4.78 is 13.8. The van der Waals surface area contributed by atoms with Crippen molar-refractivity contribution in [3.8, 4) is 0 Å². The van der Waals surface area contributed by atoms with Crippen molar-refractivity contribution in [2.75, 3.05) is 20.1 Å². The fourth-order valence-electron chi connectivity index (χ4n) is 1.67. The topological polar surface area (TPSA) is 75.5 Å². The molecule has 0 heterocycles. The smallest absolute Gasteiger partial charge is 0.305 e. The van der Waals surface area contributed by atoms with E-state index >= 15 is 0 Å². The van der Waals surface area contributed by atoms with Gasteiger partial charge in [-0.3, -0.25) is 19.8 Å². The molecule has 0 aromatic heterocycles. The van der Waals surface area contributed by atoms with Gasteiger partial charge in [0.2, 0.25) is 11.7 Å². The second-order valence-electron chi connectivity index (χ2n) is 4.13. The molecule has 1 rings (SSSR count). The van der Waals surface area contributed by atoms with Gasteiger partial charge in [-0.2, -0.15) is 4.39 Å². The van der Waals surface area contributed by atoms with Crippen LogP contribution >= 0.6 is 0 Å². The van der Waals surface area contributed by atoms with Crippen molar-refractivity contribution in [3.63, 3.8) is 0 Å². The second-order valence-corrected chi connectivity index (χ2v) is 4.13. The van der Waals surface area contributed by atoms with Crippen LogP contribution in [0.3, 0.4) is 0 Å². The summed E-state index contributed by atoms with van der Waals surface area (Å²) in [4.78, 5) is 22.8. The van der Waals surface area contributed by atoms with E-state index in [0.29, 0.717) is 6.54 Å². The van der Waals surface area contributed by atoms with Gasteiger partial charge < -0.3 is 5.32 Å². The van der Waals surface area contributed by atoms with Gasteiger partial charge in [0.05, 0.1) is 11.5 Å². The highest BCUT2D eigenvalue weighted by Gasteiger charge is 2.18. The minimum Gasteiger partial charge on any atom is -0.355 e. The summed E-state index contributed by atoms with van der Waals surface area (Å²) in [7, 11) is 1.65. The van der Waals surface area contributed by atoms with Crippen molar-refractivity contribution in [3.05, 3.63) is 39.7 Å². The fourth-order valence-corrected chi connectivity index (χ4v) is 1.67. The number of carbonyl (C=O) groups is 1. The largest absolute Gasteiger partial charge is 0.355 e. The van der Waals surface area contributed by atoms with E-state index in [0.717, 1.165) is 6.07 Å². The first kappa shape index (κ1) is 15.0. The third-order valence-electron chi connectivity index (χ3n) is 2.48. The van der Waals surface area contributed by atoms with E-state index in [4.69, 9.17) is 0 Å². The van der Waals surface area contributed by atoms with Gasteiger partial charge in [0.1, 0.15) is 0 Å². The Morgan fingerprint density at radius 3 is 2.79 bits per heavy atom. The lowest BCUT2D eigenvalue weighted by molar-refractivity contribution is -0.387. The highest BCUT2D eigenvalue weighted by molar-refractivity contribution is 5.77. The van der Waals surface area contributed by atoms with Crippen molar-refractivity contribution < 1.29 is 14.1 Å². The average Bonchev–Trinajstić information content (AvgIpc) is 2.31. The number of rotatable bonds is 6. The van der Waals surface area contributed by atoms with E-state index in [2.05, 4.69) is 5.32 Å². The zero-order valence-corrected chi connectivity index (χ0v) is 10.9. The Bertz CT molecular complexity index is 479. The van der Waals surface area contributed by atoms with Crippen LogP contribution in [0.1, 0.15) is 12.5 Å². The molecule has 7 heteroatoms. The summed E-state index contributed by atoms with van der Waals surface area (Å²) in [6, 6.07) is 4.01. The van der Waals surface area contributed by atoms with Crippen molar-refractivity contribution in [1.29, 1.82) is 0 Å². The van der Waals surface area contributed by atoms with Crippen molar-refractivity contribution in [1.82, 2.24) is 10.2 Å². The van der Waals surface area contributed by atoms with Gasteiger partial charge in [-0.15, -0.1) is 0 Å². The van der Waals surface area contributed by atoms with Gasteiger partial charge in [0, 0.05) is 24.7 Å². The number of hydrogen-bond acceptors (Lipinski definition) is 4. The molecule has 1 amide bonds. The normalized spacial score (nSPS) is 10.5. The summed E-state index contributed by atoms with van der Waals surface area (Å²) in [6.07, 6.45) is 0. The number of likely N-dealkylation sites (N-methyl/N-ethyl adjacent to an activating group) is 2. The molecule has 0 unspecified atom stereocenters. The van der Waals surface area contributed by atoms with Crippen LogP contribution in [0.2, 0.25) is 0 Å². The molecule has 0 atom stereocenters. The molecule has 1 N–H and O–H groups in total. The molecular formula is C12H16FN3O3. The minimum absolute atomic E-state index is 0.107. The number of carbonyl (C=O) groups excluding carboxylic acids is 1. The van der Waals surface area contributed by atoms with E-state index in [1.165, 1.54) is 12.1 Å². The Hall–Kier alpha value is -2.02. The number of nitrogens with one attached hydrogen (secondary N) is 1. The molecule has 1 aromatic carbocycles. The van der Waals surface area contributed by atoms with Crippen LogP contribution in [0.15, 0.2) is 18.2 Å². The monoisotopic (exact) mass is 269 g/mol. The van der Waals surface area contributed by atoms with E-state index in [9.17, 15) is 19.3 Å². The summed E-state index contributed by atoms with van der Waals surface area (Å²) >= 11 is 0. The number of amides is 1.